The van der Waals surface area contributed by atoms with E-state index in [0.717, 1.165) is 23.7 Å². The molecule has 2 fully saturated rings. The number of benzene rings is 3. The minimum Gasteiger partial charge on any atom is -0.0654 e. The lowest BCUT2D eigenvalue weighted by Crippen LogP contribution is -2.15. The molecule has 0 aliphatic heterocycles. The lowest BCUT2D eigenvalue weighted by molar-refractivity contribution is 0.250. The van der Waals surface area contributed by atoms with Crippen molar-refractivity contribution >= 4 is 0 Å². The van der Waals surface area contributed by atoms with Crippen LogP contribution in [-0.4, -0.2) is 0 Å². The summed E-state index contributed by atoms with van der Waals surface area (Å²) >= 11 is 0. The molecule has 0 atom stereocenters. The van der Waals surface area contributed by atoms with E-state index < -0.39 is 0 Å². The maximum absolute atomic E-state index is 2.40. The molecule has 3 aromatic rings. The lowest BCUT2D eigenvalue weighted by Gasteiger charge is -2.29. The number of hydrogen-bond donors (Lipinski definition) is 0. The Kier molecular flexibility index (Phi) is 8.97. The van der Waals surface area contributed by atoms with Crippen LogP contribution in [-0.2, 0) is 6.42 Å². The zero-order chi connectivity index (χ0) is 24.6. The summed E-state index contributed by atoms with van der Waals surface area (Å²) in [5.41, 5.74) is 7.29. The van der Waals surface area contributed by atoms with Crippen molar-refractivity contribution < 1.29 is 0 Å². The Morgan fingerprint density at radius 2 is 1.03 bits per heavy atom. The first-order chi connectivity index (χ1) is 17.8. The van der Waals surface area contributed by atoms with Gasteiger partial charge in [0.2, 0.25) is 0 Å². The number of unbranched alkanes of at least 4 members (excludes halogenated alkanes) is 1. The Balaban J connectivity index is 1.09. The van der Waals surface area contributed by atoms with Gasteiger partial charge >= 0.3 is 0 Å². The average molecular weight is 479 g/mol. The van der Waals surface area contributed by atoms with Gasteiger partial charge in [-0.25, -0.2) is 0 Å². The van der Waals surface area contributed by atoms with Crippen molar-refractivity contribution in [2.24, 2.45) is 11.8 Å². The molecule has 0 N–H and O–H groups in total. The molecule has 190 valence electrons. The highest BCUT2D eigenvalue weighted by atomic mass is 14.3. The normalized spacial score (nSPS) is 24.5. The van der Waals surface area contributed by atoms with Crippen molar-refractivity contribution in [3.8, 4) is 11.1 Å². The lowest BCUT2D eigenvalue weighted by atomic mass is 9.76. The standard InChI is InChI=1S/C36H46/c1-2-3-7-28-10-12-29(13-11-28)14-15-30-16-18-32(19-17-30)34-24-26-36(27-25-34)35-22-20-33(21-23-35)31-8-5-4-6-9-31/h4-6,8-9,16-19,24-29,33,35H,2-3,7,10-15,20-23H2,1H3. The molecule has 0 amide bonds. The molecular weight excluding hydrogens is 432 g/mol. The van der Waals surface area contributed by atoms with Gasteiger partial charge in [0.1, 0.15) is 0 Å². The fraction of sp³-hybridized carbons (Fsp3) is 0.500. The van der Waals surface area contributed by atoms with Gasteiger partial charge in [-0.3, -0.25) is 0 Å². The summed E-state index contributed by atoms with van der Waals surface area (Å²) in [6, 6.07) is 30.1. The molecule has 0 heterocycles. The van der Waals surface area contributed by atoms with E-state index in [1.54, 1.807) is 0 Å². The molecule has 2 saturated carbocycles. The Hall–Kier alpha value is -2.34. The predicted octanol–water partition coefficient (Wildman–Crippen LogP) is 10.7. The van der Waals surface area contributed by atoms with Crippen molar-refractivity contribution in [3.63, 3.8) is 0 Å². The van der Waals surface area contributed by atoms with Gasteiger partial charge in [-0.1, -0.05) is 131 Å². The largest absolute Gasteiger partial charge is 0.0654 e. The topological polar surface area (TPSA) is 0 Å². The van der Waals surface area contributed by atoms with Crippen LogP contribution in [0.1, 0.15) is 112 Å². The first-order valence-electron chi connectivity index (χ1n) is 15.0. The summed E-state index contributed by atoms with van der Waals surface area (Å²) in [6.45, 7) is 2.32. The van der Waals surface area contributed by atoms with Gasteiger partial charge in [-0.2, -0.15) is 0 Å². The molecule has 0 spiro atoms. The molecule has 0 bridgehead atoms. The van der Waals surface area contributed by atoms with E-state index in [1.807, 2.05) is 0 Å². The van der Waals surface area contributed by atoms with Crippen molar-refractivity contribution in [3.05, 3.63) is 95.6 Å². The SMILES string of the molecule is CCCCC1CCC(CCc2ccc(-c3ccc(C4CCC(c5ccccc5)CC4)cc3)cc2)CC1. The molecule has 3 aromatic carbocycles. The van der Waals surface area contributed by atoms with Crippen LogP contribution >= 0.6 is 0 Å². The van der Waals surface area contributed by atoms with Gasteiger partial charge in [0, 0.05) is 0 Å². The number of aryl methyl sites for hydroxylation is 1. The van der Waals surface area contributed by atoms with Crippen LogP contribution in [0.3, 0.4) is 0 Å². The Morgan fingerprint density at radius 3 is 1.58 bits per heavy atom. The first-order valence-corrected chi connectivity index (χ1v) is 15.0. The second-order valence-corrected chi connectivity index (χ2v) is 11.8. The van der Waals surface area contributed by atoms with Crippen LogP contribution in [0.5, 0.6) is 0 Å². The van der Waals surface area contributed by atoms with Crippen LogP contribution < -0.4 is 0 Å². The second-order valence-electron chi connectivity index (χ2n) is 11.8. The van der Waals surface area contributed by atoms with E-state index >= 15 is 0 Å². The molecule has 36 heavy (non-hydrogen) atoms. The van der Waals surface area contributed by atoms with E-state index in [9.17, 15) is 0 Å². The average Bonchev–Trinajstić information content (AvgIpc) is 2.96. The van der Waals surface area contributed by atoms with E-state index in [2.05, 4.69) is 85.8 Å². The smallest absolute Gasteiger partial charge is 0.0162 e. The maximum atomic E-state index is 2.40. The number of rotatable bonds is 9. The van der Waals surface area contributed by atoms with Crippen LogP contribution in [0.15, 0.2) is 78.9 Å². The zero-order valence-electron chi connectivity index (χ0n) is 22.5. The van der Waals surface area contributed by atoms with E-state index in [0.29, 0.717) is 0 Å². The molecule has 0 unspecified atom stereocenters. The van der Waals surface area contributed by atoms with Crippen molar-refractivity contribution in [1.29, 1.82) is 0 Å². The summed E-state index contributed by atoms with van der Waals surface area (Å²) in [7, 11) is 0. The molecule has 5 rings (SSSR count). The fourth-order valence-corrected chi connectivity index (χ4v) is 6.97. The van der Waals surface area contributed by atoms with E-state index in [4.69, 9.17) is 0 Å². The van der Waals surface area contributed by atoms with Crippen molar-refractivity contribution in [1.82, 2.24) is 0 Å². The van der Waals surface area contributed by atoms with E-state index in [-0.39, 0.29) is 0 Å². The molecule has 0 radical (unpaired) electrons. The minimum absolute atomic E-state index is 0.725. The summed E-state index contributed by atoms with van der Waals surface area (Å²) in [5.74, 6) is 3.46. The van der Waals surface area contributed by atoms with Gasteiger partial charge in [0.15, 0.2) is 0 Å². The quantitative estimate of drug-likeness (QED) is 0.287. The third-order valence-electron chi connectivity index (χ3n) is 9.44. The summed E-state index contributed by atoms with van der Waals surface area (Å²) < 4.78 is 0. The van der Waals surface area contributed by atoms with E-state index in [1.165, 1.54) is 111 Å². The van der Waals surface area contributed by atoms with Gasteiger partial charge in [0.05, 0.1) is 0 Å². The van der Waals surface area contributed by atoms with Crippen molar-refractivity contribution in [2.75, 3.05) is 0 Å². The minimum atomic E-state index is 0.725. The summed E-state index contributed by atoms with van der Waals surface area (Å²) in [5, 5.41) is 0. The van der Waals surface area contributed by atoms with Crippen molar-refractivity contribution in [2.45, 2.75) is 102 Å². The van der Waals surface area contributed by atoms with Gasteiger partial charge in [-0.15, -0.1) is 0 Å². The Labute approximate surface area is 220 Å². The predicted molar refractivity (Wildman–Crippen MR) is 156 cm³/mol. The molecule has 2 aliphatic carbocycles. The van der Waals surface area contributed by atoms with Crippen LogP contribution in [0.25, 0.3) is 11.1 Å². The summed E-state index contributed by atoms with van der Waals surface area (Å²) in [4.78, 5) is 0. The second kappa shape index (κ2) is 12.8. The highest BCUT2D eigenvalue weighted by molar-refractivity contribution is 5.64. The van der Waals surface area contributed by atoms with Crippen LogP contribution in [0.2, 0.25) is 0 Å². The highest BCUT2D eigenvalue weighted by Gasteiger charge is 2.23. The molecule has 0 heteroatoms. The molecule has 0 nitrogen and oxygen atoms in total. The first kappa shape index (κ1) is 25.3. The van der Waals surface area contributed by atoms with Gasteiger partial charge < -0.3 is 0 Å². The Bertz CT molecular complexity index is 1010. The Morgan fingerprint density at radius 1 is 0.528 bits per heavy atom. The molecular formula is C36H46. The monoisotopic (exact) mass is 478 g/mol. The van der Waals surface area contributed by atoms with Crippen LogP contribution in [0, 0.1) is 11.8 Å². The fourth-order valence-electron chi connectivity index (χ4n) is 6.97. The third kappa shape index (κ3) is 6.70. The third-order valence-corrected chi connectivity index (χ3v) is 9.44. The van der Waals surface area contributed by atoms with Crippen LogP contribution in [0.4, 0.5) is 0 Å². The number of hydrogen-bond acceptors (Lipinski definition) is 0. The van der Waals surface area contributed by atoms with Gasteiger partial charge in [0.25, 0.3) is 0 Å². The molecule has 0 aromatic heterocycles. The zero-order valence-corrected chi connectivity index (χ0v) is 22.5. The van der Waals surface area contributed by atoms with Gasteiger partial charge in [-0.05, 0) is 90.0 Å². The molecule has 0 saturated heterocycles. The molecule has 2 aliphatic rings. The summed E-state index contributed by atoms with van der Waals surface area (Å²) in [6.07, 6.45) is 18.0. The highest BCUT2D eigenvalue weighted by Crippen LogP contribution is 2.41. The maximum Gasteiger partial charge on any atom is -0.0162 e.